The molecule has 0 aromatic heterocycles. The summed E-state index contributed by atoms with van der Waals surface area (Å²) in [6.45, 7) is 5.48. The lowest BCUT2D eigenvalue weighted by Gasteiger charge is -2.41. The smallest absolute Gasteiger partial charge is 0.163 e. The Morgan fingerprint density at radius 2 is 2.16 bits per heavy atom. The van der Waals surface area contributed by atoms with Crippen molar-refractivity contribution in [2.75, 3.05) is 31.7 Å². The van der Waals surface area contributed by atoms with Gasteiger partial charge in [-0.2, -0.15) is 0 Å². The Hall–Kier alpha value is -1.26. The highest BCUT2D eigenvalue weighted by atomic mass is 35.5. The first kappa shape index (κ1) is 14.2. The van der Waals surface area contributed by atoms with Gasteiger partial charge in [0.15, 0.2) is 5.78 Å². The van der Waals surface area contributed by atoms with Crippen LogP contribution in [-0.4, -0.2) is 38.7 Å². The molecule has 5 heteroatoms. The topological polar surface area (TPSA) is 38.8 Å². The van der Waals surface area contributed by atoms with Crippen LogP contribution in [0.2, 0.25) is 5.02 Å². The number of carbonyl (C=O) groups excluding carboxylic acids is 1. The zero-order valence-electron chi connectivity index (χ0n) is 11.4. The van der Waals surface area contributed by atoms with Gasteiger partial charge in [-0.25, -0.2) is 0 Å². The Labute approximate surface area is 118 Å². The highest BCUT2D eigenvalue weighted by Gasteiger charge is 2.32. The molecule has 0 bridgehead atoms. The maximum Gasteiger partial charge on any atom is 0.163 e. The van der Waals surface area contributed by atoms with E-state index in [-0.39, 0.29) is 11.9 Å². The van der Waals surface area contributed by atoms with Crippen LogP contribution in [0.4, 0.5) is 5.69 Å². The molecule has 1 fully saturated rings. The molecule has 1 aliphatic heterocycles. The average Bonchev–Trinajstić information content (AvgIpc) is 2.30. The highest BCUT2D eigenvalue weighted by Crippen LogP contribution is 2.39. The minimum Gasteiger partial charge on any atom is -0.492 e. The number of benzene rings is 1. The summed E-state index contributed by atoms with van der Waals surface area (Å²) < 4.78 is 10.9. The lowest BCUT2D eigenvalue weighted by Crippen LogP contribution is -2.52. The Morgan fingerprint density at radius 1 is 1.47 bits per heavy atom. The molecule has 2 rings (SSSR count). The summed E-state index contributed by atoms with van der Waals surface area (Å²) >= 11 is 6.16. The molecule has 104 valence electrons. The van der Waals surface area contributed by atoms with Gasteiger partial charge in [-0.1, -0.05) is 11.6 Å². The number of hydrogen-bond donors (Lipinski definition) is 0. The van der Waals surface area contributed by atoms with E-state index in [4.69, 9.17) is 21.1 Å². The first-order chi connectivity index (χ1) is 9.08. The third kappa shape index (κ3) is 2.69. The van der Waals surface area contributed by atoms with Gasteiger partial charge in [0.25, 0.3) is 0 Å². The van der Waals surface area contributed by atoms with Crippen LogP contribution in [0.1, 0.15) is 24.2 Å². The van der Waals surface area contributed by atoms with Crippen LogP contribution in [0.5, 0.6) is 5.75 Å². The predicted octanol–water partition coefficient (Wildman–Crippen LogP) is 2.78. The van der Waals surface area contributed by atoms with Gasteiger partial charge < -0.3 is 14.4 Å². The molecule has 4 nitrogen and oxygen atoms in total. The third-order valence-corrected chi connectivity index (χ3v) is 3.55. The number of ketones is 1. The zero-order chi connectivity index (χ0) is 14.0. The maximum atomic E-state index is 11.8. The Bertz CT molecular complexity index is 484. The maximum absolute atomic E-state index is 11.8. The van der Waals surface area contributed by atoms with E-state index in [1.165, 1.54) is 6.92 Å². The van der Waals surface area contributed by atoms with Crippen LogP contribution < -0.4 is 9.64 Å². The van der Waals surface area contributed by atoms with E-state index in [0.717, 1.165) is 18.8 Å². The standard InChI is InChI=1S/C14H18ClNO3/c1-4-19-12-6-5-11(15)13(9(2)17)14(12)16-7-10(8-16)18-3/h5-6,10H,4,7-8H2,1-3H3. The van der Waals surface area contributed by atoms with Gasteiger partial charge in [0, 0.05) is 20.2 Å². The lowest BCUT2D eigenvalue weighted by molar-refractivity contribution is 0.0781. The molecule has 1 aromatic carbocycles. The Balaban J connectivity index is 2.42. The normalized spacial score (nSPS) is 15.3. The SMILES string of the molecule is CCOc1ccc(Cl)c(C(C)=O)c1N1CC(OC)C1. The fraction of sp³-hybridized carbons (Fsp3) is 0.500. The molecule has 1 saturated heterocycles. The molecule has 0 amide bonds. The van der Waals surface area contributed by atoms with E-state index in [1.807, 2.05) is 13.0 Å². The van der Waals surface area contributed by atoms with Crippen molar-refractivity contribution in [3.05, 3.63) is 22.7 Å². The van der Waals surface area contributed by atoms with Crippen LogP contribution >= 0.6 is 11.6 Å². The van der Waals surface area contributed by atoms with Crippen molar-refractivity contribution >= 4 is 23.1 Å². The molecule has 1 aromatic rings. The summed E-state index contributed by atoms with van der Waals surface area (Å²) in [4.78, 5) is 13.9. The number of halogens is 1. The first-order valence-corrected chi connectivity index (χ1v) is 6.70. The molecule has 0 atom stereocenters. The summed E-state index contributed by atoms with van der Waals surface area (Å²) in [6, 6.07) is 3.52. The summed E-state index contributed by atoms with van der Waals surface area (Å²) in [7, 11) is 1.69. The van der Waals surface area contributed by atoms with E-state index < -0.39 is 0 Å². The molecule has 0 aliphatic carbocycles. The largest absolute Gasteiger partial charge is 0.492 e. The molecular formula is C14H18ClNO3. The van der Waals surface area contributed by atoms with Gasteiger partial charge >= 0.3 is 0 Å². The summed E-state index contributed by atoms with van der Waals surface area (Å²) in [6.07, 6.45) is 0.202. The van der Waals surface area contributed by atoms with Crippen molar-refractivity contribution in [3.8, 4) is 5.75 Å². The molecule has 1 heterocycles. The Morgan fingerprint density at radius 3 is 2.68 bits per heavy atom. The van der Waals surface area contributed by atoms with Crippen LogP contribution in [0, 0.1) is 0 Å². The number of nitrogens with zero attached hydrogens (tertiary/aromatic N) is 1. The molecule has 0 N–H and O–H groups in total. The van der Waals surface area contributed by atoms with E-state index in [0.29, 0.717) is 22.9 Å². The van der Waals surface area contributed by atoms with E-state index in [1.54, 1.807) is 13.2 Å². The average molecular weight is 284 g/mol. The molecular weight excluding hydrogens is 266 g/mol. The van der Waals surface area contributed by atoms with E-state index in [2.05, 4.69) is 4.90 Å². The number of carbonyl (C=O) groups is 1. The van der Waals surface area contributed by atoms with Crippen LogP contribution in [0.3, 0.4) is 0 Å². The fourth-order valence-electron chi connectivity index (χ4n) is 2.24. The van der Waals surface area contributed by atoms with Crippen molar-refractivity contribution in [1.29, 1.82) is 0 Å². The zero-order valence-corrected chi connectivity index (χ0v) is 12.2. The van der Waals surface area contributed by atoms with Gasteiger partial charge in [-0.05, 0) is 26.0 Å². The van der Waals surface area contributed by atoms with Crippen LogP contribution in [0.15, 0.2) is 12.1 Å². The molecule has 19 heavy (non-hydrogen) atoms. The van der Waals surface area contributed by atoms with Gasteiger partial charge in [-0.15, -0.1) is 0 Å². The van der Waals surface area contributed by atoms with Crippen molar-refractivity contribution < 1.29 is 14.3 Å². The third-order valence-electron chi connectivity index (χ3n) is 3.24. The van der Waals surface area contributed by atoms with Gasteiger partial charge in [0.1, 0.15) is 5.75 Å². The summed E-state index contributed by atoms with van der Waals surface area (Å²) in [5.74, 6) is 0.647. The second-order valence-electron chi connectivity index (χ2n) is 4.52. The summed E-state index contributed by atoms with van der Waals surface area (Å²) in [5, 5.41) is 0.465. The van der Waals surface area contributed by atoms with Gasteiger partial charge in [0.05, 0.1) is 29.0 Å². The first-order valence-electron chi connectivity index (χ1n) is 6.32. The predicted molar refractivity (Wildman–Crippen MR) is 75.6 cm³/mol. The number of anilines is 1. The number of methoxy groups -OCH3 is 1. The minimum absolute atomic E-state index is 0.0533. The van der Waals surface area contributed by atoms with Crippen LogP contribution in [-0.2, 0) is 4.74 Å². The van der Waals surface area contributed by atoms with Crippen molar-refractivity contribution in [2.24, 2.45) is 0 Å². The molecule has 0 spiro atoms. The number of Topliss-reactive ketones (excluding diaryl/α,β-unsaturated/α-hetero) is 1. The number of rotatable bonds is 5. The number of ether oxygens (including phenoxy) is 2. The van der Waals surface area contributed by atoms with E-state index in [9.17, 15) is 4.79 Å². The molecule has 0 saturated carbocycles. The molecule has 0 radical (unpaired) electrons. The van der Waals surface area contributed by atoms with Crippen LogP contribution in [0.25, 0.3) is 0 Å². The van der Waals surface area contributed by atoms with Gasteiger partial charge in [0.2, 0.25) is 0 Å². The lowest BCUT2D eigenvalue weighted by atomic mass is 10.0. The van der Waals surface area contributed by atoms with Crippen molar-refractivity contribution in [1.82, 2.24) is 0 Å². The Kier molecular flexibility index (Phi) is 4.32. The second kappa shape index (κ2) is 5.80. The summed E-state index contributed by atoms with van der Waals surface area (Å²) in [5.41, 5.74) is 1.32. The fourth-order valence-corrected chi connectivity index (χ4v) is 2.52. The number of hydrogen-bond acceptors (Lipinski definition) is 4. The monoisotopic (exact) mass is 283 g/mol. The molecule has 0 unspecified atom stereocenters. The minimum atomic E-state index is -0.0533. The highest BCUT2D eigenvalue weighted by molar-refractivity contribution is 6.34. The quantitative estimate of drug-likeness (QED) is 0.779. The van der Waals surface area contributed by atoms with Crippen molar-refractivity contribution in [3.63, 3.8) is 0 Å². The van der Waals surface area contributed by atoms with E-state index >= 15 is 0 Å². The second-order valence-corrected chi connectivity index (χ2v) is 4.93. The van der Waals surface area contributed by atoms with Crippen molar-refractivity contribution in [2.45, 2.75) is 20.0 Å². The van der Waals surface area contributed by atoms with Gasteiger partial charge in [-0.3, -0.25) is 4.79 Å². The molecule has 1 aliphatic rings.